The second kappa shape index (κ2) is 7.42. The van der Waals surface area contributed by atoms with Gasteiger partial charge in [0.1, 0.15) is 11.6 Å². The van der Waals surface area contributed by atoms with Gasteiger partial charge in [-0.1, -0.05) is 12.1 Å². The summed E-state index contributed by atoms with van der Waals surface area (Å²) in [5.74, 6) is 0.248. The van der Waals surface area contributed by atoms with Crippen LogP contribution >= 0.6 is 0 Å². The van der Waals surface area contributed by atoms with Gasteiger partial charge in [0.25, 0.3) is 0 Å². The second-order valence-electron chi connectivity index (χ2n) is 4.63. The number of aromatic amines is 1. The minimum absolute atomic E-state index is 0.311. The number of alkyl halides is 3. The largest absolute Gasteiger partial charge is 0.416 e. The molecule has 3 nitrogen and oxygen atoms in total. The predicted octanol–water partition coefficient (Wildman–Crippen LogP) is 4.79. The van der Waals surface area contributed by atoms with E-state index in [1.54, 1.807) is 12.4 Å². The topological polar surface area (TPSA) is 52.5 Å². The van der Waals surface area contributed by atoms with E-state index in [9.17, 15) is 17.6 Å². The molecule has 122 valence electrons. The van der Waals surface area contributed by atoms with Crippen LogP contribution in [-0.4, -0.2) is 9.97 Å². The number of halogens is 4. The Morgan fingerprint density at radius 3 is 2.04 bits per heavy atom. The first-order valence-electron chi connectivity index (χ1n) is 6.73. The molecule has 0 saturated carbocycles. The van der Waals surface area contributed by atoms with E-state index >= 15 is 0 Å². The molecule has 3 rings (SSSR count). The van der Waals surface area contributed by atoms with Crippen molar-refractivity contribution in [1.82, 2.24) is 9.97 Å². The number of aromatic nitrogens is 2. The third-order valence-electron chi connectivity index (χ3n) is 2.96. The fraction of sp³-hybridized carbons (Fsp3) is 0.0588. The molecule has 7 heteroatoms. The first-order chi connectivity index (χ1) is 11.4. The summed E-state index contributed by atoms with van der Waals surface area (Å²) in [4.78, 5) is 6.76. The van der Waals surface area contributed by atoms with Gasteiger partial charge in [0, 0.05) is 18.0 Å². The van der Waals surface area contributed by atoms with Gasteiger partial charge in [-0.2, -0.15) is 18.4 Å². The van der Waals surface area contributed by atoms with Crippen LogP contribution in [0, 0.1) is 17.1 Å². The predicted molar refractivity (Wildman–Crippen MR) is 80.1 cm³/mol. The smallest absolute Gasteiger partial charge is 0.345 e. The zero-order chi connectivity index (χ0) is 17.6. The molecule has 0 fully saturated rings. The standard InChI is InChI=1S/C10H7F3N2.C7H4FN/c11-10(12,13)8-3-1-7(2-4-8)9-14-5-6-15-9;8-7-3-1-6(5-9)2-4-7/h1-6H,(H,14,15);1-4H. The lowest BCUT2D eigenvalue weighted by atomic mass is 10.1. The van der Waals surface area contributed by atoms with Gasteiger partial charge in [0.15, 0.2) is 0 Å². The van der Waals surface area contributed by atoms with Crippen molar-refractivity contribution in [1.29, 1.82) is 5.26 Å². The quantitative estimate of drug-likeness (QED) is 0.651. The van der Waals surface area contributed by atoms with E-state index in [-0.39, 0.29) is 5.82 Å². The van der Waals surface area contributed by atoms with Crippen LogP contribution in [0.4, 0.5) is 17.6 Å². The van der Waals surface area contributed by atoms with Crippen molar-refractivity contribution in [2.45, 2.75) is 6.18 Å². The molecular weight excluding hydrogens is 322 g/mol. The van der Waals surface area contributed by atoms with Crippen LogP contribution in [0.25, 0.3) is 11.4 Å². The highest BCUT2D eigenvalue weighted by atomic mass is 19.4. The van der Waals surface area contributed by atoms with Crippen LogP contribution in [0.1, 0.15) is 11.1 Å². The molecule has 2 aromatic carbocycles. The summed E-state index contributed by atoms with van der Waals surface area (Å²) in [6.45, 7) is 0. The van der Waals surface area contributed by atoms with E-state index in [0.29, 0.717) is 17.0 Å². The van der Waals surface area contributed by atoms with E-state index in [1.807, 2.05) is 6.07 Å². The van der Waals surface area contributed by atoms with Crippen LogP contribution in [0.2, 0.25) is 0 Å². The van der Waals surface area contributed by atoms with E-state index in [2.05, 4.69) is 9.97 Å². The lowest BCUT2D eigenvalue weighted by Gasteiger charge is -2.06. The van der Waals surface area contributed by atoms with E-state index in [1.165, 1.54) is 36.4 Å². The Bertz CT molecular complexity index is 799. The van der Waals surface area contributed by atoms with Crippen molar-refractivity contribution in [2.24, 2.45) is 0 Å². The fourth-order valence-corrected chi connectivity index (χ4v) is 1.76. The van der Waals surface area contributed by atoms with E-state index < -0.39 is 11.7 Å². The molecule has 1 N–H and O–H groups in total. The third-order valence-corrected chi connectivity index (χ3v) is 2.96. The van der Waals surface area contributed by atoms with Crippen LogP contribution in [0.3, 0.4) is 0 Å². The maximum atomic E-state index is 12.2. The van der Waals surface area contributed by atoms with Crippen molar-refractivity contribution in [3.05, 3.63) is 77.9 Å². The van der Waals surface area contributed by atoms with Crippen LogP contribution in [0.15, 0.2) is 60.9 Å². The Morgan fingerprint density at radius 2 is 1.58 bits per heavy atom. The number of hydrogen-bond acceptors (Lipinski definition) is 2. The van der Waals surface area contributed by atoms with Gasteiger partial charge in [-0.25, -0.2) is 9.37 Å². The molecular formula is C17H11F4N3. The highest BCUT2D eigenvalue weighted by molar-refractivity contribution is 5.55. The van der Waals surface area contributed by atoms with Gasteiger partial charge >= 0.3 is 6.18 Å². The number of nitriles is 1. The third kappa shape index (κ3) is 4.68. The van der Waals surface area contributed by atoms with Gasteiger partial charge in [-0.05, 0) is 36.4 Å². The lowest BCUT2D eigenvalue weighted by molar-refractivity contribution is -0.137. The zero-order valence-electron chi connectivity index (χ0n) is 12.2. The maximum absolute atomic E-state index is 12.2. The summed E-state index contributed by atoms with van der Waals surface area (Å²) in [7, 11) is 0. The van der Waals surface area contributed by atoms with Crippen molar-refractivity contribution < 1.29 is 17.6 Å². The molecule has 0 aliphatic carbocycles. The number of hydrogen-bond donors (Lipinski definition) is 1. The summed E-state index contributed by atoms with van der Waals surface area (Å²) in [6, 6.07) is 12.2. The summed E-state index contributed by atoms with van der Waals surface area (Å²) < 4.78 is 48.8. The second-order valence-corrected chi connectivity index (χ2v) is 4.63. The zero-order valence-corrected chi connectivity index (χ0v) is 12.2. The van der Waals surface area contributed by atoms with Crippen molar-refractivity contribution >= 4 is 0 Å². The number of nitrogens with one attached hydrogen (secondary N) is 1. The molecule has 0 bridgehead atoms. The van der Waals surface area contributed by atoms with Crippen molar-refractivity contribution in [3.63, 3.8) is 0 Å². The normalized spacial score (nSPS) is 10.5. The molecule has 1 heterocycles. The van der Waals surface area contributed by atoms with Gasteiger partial charge in [-0.15, -0.1) is 0 Å². The van der Waals surface area contributed by atoms with E-state index in [4.69, 9.17) is 5.26 Å². The molecule has 3 aromatic rings. The monoisotopic (exact) mass is 333 g/mol. The lowest BCUT2D eigenvalue weighted by Crippen LogP contribution is -2.04. The molecule has 0 unspecified atom stereocenters. The molecule has 0 amide bonds. The fourth-order valence-electron chi connectivity index (χ4n) is 1.76. The highest BCUT2D eigenvalue weighted by Crippen LogP contribution is 2.30. The summed E-state index contributed by atoms with van der Waals surface area (Å²) in [6.07, 6.45) is -1.12. The van der Waals surface area contributed by atoms with Crippen LogP contribution in [-0.2, 0) is 6.18 Å². The molecule has 0 atom stereocenters. The Labute approximate surface area is 135 Å². The average molecular weight is 333 g/mol. The maximum Gasteiger partial charge on any atom is 0.416 e. The Morgan fingerprint density at radius 1 is 0.958 bits per heavy atom. The minimum Gasteiger partial charge on any atom is -0.345 e. The number of imidazole rings is 1. The number of H-pyrrole nitrogens is 1. The minimum atomic E-state index is -4.29. The van der Waals surface area contributed by atoms with Gasteiger partial charge in [0.2, 0.25) is 0 Å². The summed E-state index contributed by atoms with van der Waals surface area (Å²) >= 11 is 0. The van der Waals surface area contributed by atoms with Gasteiger partial charge < -0.3 is 4.98 Å². The molecule has 0 saturated heterocycles. The highest BCUT2D eigenvalue weighted by Gasteiger charge is 2.29. The first kappa shape index (κ1) is 17.2. The number of nitrogens with zero attached hydrogens (tertiary/aromatic N) is 2. The number of rotatable bonds is 1. The molecule has 1 aromatic heterocycles. The average Bonchev–Trinajstić information content (AvgIpc) is 3.10. The Kier molecular flexibility index (Phi) is 5.32. The van der Waals surface area contributed by atoms with Crippen molar-refractivity contribution in [3.8, 4) is 17.5 Å². The van der Waals surface area contributed by atoms with Crippen LogP contribution in [0.5, 0.6) is 0 Å². The molecule has 0 radical (unpaired) electrons. The molecule has 0 aliphatic heterocycles. The summed E-state index contributed by atoms with van der Waals surface area (Å²) in [5.41, 5.74) is 0.460. The molecule has 0 spiro atoms. The van der Waals surface area contributed by atoms with Crippen molar-refractivity contribution in [2.75, 3.05) is 0 Å². The van der Waals surface area contributed by atoms with Crippen LogP contribution < -0.4 is 0 Å². The van der Waals surface area contributed by atoms with Gasteiger partial charge in [-0.3, -0.25) is 0 Å². The van der Waals surface area contributed by atoms with Gasteiger partial charge in [0.05, 0.1) is 17.2 Å². The summed E-state index contributed by atoms with van der Waals surface area (Å²) in [5, 5.41) is 8.26. The molecule has 0 aliphatic rings. The van der Waals surface area contributed by atoms with E-state index in [0.717, 1.165) is 12.1 Å². The Hall–Kier alpha value is -3.14. The molecule has 24 heavy (non-hydrogen) atoms. The number of benzene rings is 2. The SMILES string of the molecule is FC(F)(F)c1ccc(-c2ncc[nH]2)cc1.N#Cc1ccc(F)cc1. The Balaban J connectivity index is 0.000000198. The first-order valence-corrected chi connectivity index (χ1v) is 6.73.